The van der Waals surface area contributed by atoms with Crippen molar-refractivity contribution in [3.8, 4) is 0 Å². The molecule has 0 spiro atoms. The molecule has 2 heteroatoms. The molecule has 3 fully saturated rings. The van der Waals surface area contributed by atoms with E-state index < -0.39 is 0 Å². The summed E-state index contributed by atoms with van der Waals surface area (Å²) in [7, 11) is 0. The Bertz CT molecular complexity index is 265. The first-order valence-electron chi connectivity index (χ1n) is 9.81. The van der Waals surface area contributed by atoms with E-state index in [2.05, 4.69) is 17.1 Å². The van der Waals surface area contributed by atoms with Gasteiger partial charge in [-0.3, -0.25) is 0 Å². The lowest BCUT2D eigenvalue weighted by Gasteiger charge is -2.32. The van der Waals surface area contributed by atoms with E-state index in [1.807, 2.05) is 0 Å². The van der Waals surface area contributed by atoms with E-state index in [0.29, 0.717) is 0 Å². The Labute approximate surface area is 136 Å². The second-order valence-electron chi connectivity index (χ2n) is 7.72. The van der Waals surface area contributed by atoms with Crippen molar-refractivity contribution in [3.05, 3.63) is 0 Å². The van der Waals surface area contributed by atoms with Crippen molar-refractivity contribution in [1.82, 2.24) is 5.32 Å². The highest BCUT2D eigenvalue weighted by molar-refractivity contribution is 8.00. The van der Waals surface area contributed by atoms with Crippen LogP contribution < -0.4 is 5.32 Å². The molecule has 21 heavy (non-hydrogen) atoms. The smallest absolute Gasteiger partial charge is 0.00700 e. The molecule has 1 nitrogen and oxygen atoms in total. The van der Waals surface area contributed by atoms with Gasteiger partial charge in [-0.25, -0.2) is 0 Å². The van der Waals surface area contributed by atoms with Crippen LogP contribution in [0.4, 0.5) is 0 Å². The highest BCUT2D eigenvalue weighted by atomic mass is 32.2. The molecular weight excluding hydrogens is 274 g/mol. The Hall–Kier alpha value is 0.310. The van der Waals surface area contributed by atoms with E-state index in [4.69, 9.17) is 0 Å². The van der Waals surface area contributed by atoms with Gasteiger partial charge in [-0.15, -0.1) is 0 Å². The second kappa shape index (κ2) is 8.82. The molecule has 3 aliphatic rings. The van der Waals surface area contributed by atoms with E-state index in [1.54, 1.807) is 0 Å². The number of nitrogens with one attached hydrogen (secondary N) is 1. The van der Waals surface area contributed by atoms with E-state index in [9.17, 15) is 0 Å². The minimum absolute atomic E-state index is 0.827. The SMILES string of the molecule is C1CCCC2CCC(CC1)NC1CCCCCC(CC1)S2. The fourth-order valence-electron chi connectivity index (χ4n) is 4.62. The first-order chi connectivity index (χ1) is 10.4. The van der Waals surface area contributed by atoms with E-state index in [-0.39, 0.29) is 0 Å². The molecule has 1 N–H and O–H groups in total. The molecule has 3 rings (SSSR count). The molecule has 1 aliphatic heterocycles. The Morgan fingerprint density at radius 2 is 0.952 bits per heavy atom. The van der Waals surface area contributed by atoms with E-state index in [1.165, 1.54) is 96.3 Å². The van der Waals surface area contributed by atoms with Crippen LogP contribution >= 0.6 is 11.8 Å². The molecule has 2 saturated carbocycles. The summed E-state index contributed by atoms with van der Waals surface area (Å²) in [6.07, 6.45) is 22.1. The summed E-state index contributed by atoms with van der Waals surface area (Å²) in [4.78, 5) is 0. The molecule has 4 unspecified atom stereocenters. The molecule has 0 amide bonds. The lowest BCUT2D eigenvalue weighted by Crippen LogP contribution is -2.40. The monoisotopic (exact) mass is 309 g/mol. The summed E-state index contributed by atoms with van der Waals surface area (Å²) in [5.41, 5.74) is 0. The van der Waals surface area contributed by atoms with Gasteiger partial charge in [0.05, 0.1) is 0 Å². The summed E-state index contributed by atoms with van der Waals surface area (Å²) in [5.74, 6) is 0. The minimum atomic E-state index is 0.827. The Morgan fingerprint density at radius 3 is 1.52 bits per heavy atom. The van der Waals surface area contributed by atoms with Crippen LogP contribution in [0.5, 0.6) is 0 Å². The maximum atomic E-state index is 4.10. The zero-order chi connectivity index (χ0) is 14.3. The summed E-state index contributed by atoms with van der Waals surface area (Å²) in [6, 6.07) is 1.66. The Balaban J connectivity index is 1.71. The van der Waals surface area contributed by atoms with Crippen LogP contribution in [0, 0.1) is 0 Å². The first-order valence-corrected chi connectivity index (χ1v) is 10.8. The number of hydrogen-bond donors (Lipinski definition) is 1. The van der Waals surface area contributed by atoms with Gasteiger partial charge >= 0.3 is 0 Å². The van der Waals surface area contributed by atoms with Gasteiger partial charge in [0.15, 0.2) is 0 Å². The molecule has 4 atom stereocenters. The number of hydrogen-bond acceptors (Lipinski definition) is 2. The average Bonchev–Trinajstić information content (AvgIpc) is 2.61. The number of rotatable bonds is 0. The largest absolute Gasteiger partial charge is 0.311 e. The number of thioether (sulfide) groups is 1. The third-order valence-electron chi connectivity index (χ3n) is 5.94. The van der Waals surface area contributed by atoms with E-state index >= 15 is 0 Å². The third-order valence-corrected chi connectivity index (χ3v) is 7.65. The maximum Gasteiger partial charge on any atom is 0.00700 e. The van der Waals surface area contributed by atoms with Crippen LogP contribution in [0.2, 0.25) is 0 Å². The topological polar surface area (TPSA) is 12.0 Å². The van der Waals surface area contributed by atoms with Gasteiger partial charge in [-0.05, 0) is 51.4 Å². The molecular formula is C19H35NS. The Kier molecular flexibility index (Phi) is 6.79. The van der Waals surface area contributed by atoms with Crippen molar-refractivity contribution in [3.63, 3.8) is 0 Å². The van der Waals surface area contributed by atoms with Crippen molar-refractivity contribution in [2.24, 2.45) is 0 Å². The average molecular weight is 310 g/mol. The molecule has 0 aromatic rings. The van der Waals surface area contributed by atoms with Crippen LogP contribution in [0.15, 0.2) is 0 Å². The first kappa shape index (κ1) is 16.2. The molecule has 1 saturated heterocycles. The molecule has 0 aromatic heterocycles. The summed E-state index contributed by atoms with van der Waals surface area (Å²) >= 11 is 2.41. The molecule has 2 aliphatic carbocycles. The van der Waals surface area contributed by atoms with Gasteiger partial charge < -0.3 is 5.32 Å². The molecule has 4 bridgehead atoms. The van der Waals surface area contributed by atoms with Crippen LogP contribution in [0.1, 0.15) is 96.3 Å². The highest BCUT2D eigenvalue weighted by Crippen LogP contribution is 2.35. The zero-order valence-electron chi connectivity index (χ0n) is 13.8. The van der Waals surface area contributed by atoms with Gasteiger partial charge in [0, 0.05) is 22.6 Å². The lowest BCUT2D eigenvalue weighted by atomic mass is 9.95. The van der Waals surface area contributed by atoms with Crippen molar-refractivity contribution >= 4 is 11.8 Å². The van der Waals surface area contributed by atoms with Crippen molar-refractivity contribution in [2.75, 3.05) is 0 Å². The predicted octanol–water partition coefficient (Wildman–Crippen LogP) is 5.68. The minimum Gasteiger partial charge on any atom is -0.311 e. The van der Waals surface area contributed by atoms with Crippen LogP contribution in [-0.2, 0) is 0 Å². The van der Waals surface area contributed by atoms with E-state index in [0.717, 1.165) is 22.6 Å². The predicted molar refractivity (Wildman–Crippen MR) is 95.1 cm³/mol. The quantitative estimate of drug-likeness (QED) is 0.618. The fraction of sp³-hybridized carbons (Fsp3) is 1.00. The standard InChI is InChI=1S/C19H35NS/c1-2-6-10-18-14-12-16(8-4-1)20-17-9-5-3-7-11-19(21-18)15-13-17/h16-20H,1-15H2. The van der Waals surface area contributed by atoms with Crippen LogP contribution in [-0.4, -0.2) is 22.6 Å². The fourth-order valence-corrected chi connectivity index (χ4v) is 6.31. The normalized spacial score (nSPS) is 40.0. The molecule has 0 aromatic carbocycles. The van der Waals surface area contributed by atoms with Crippen LogP contribution in [0.3, 0.4) is 0 Å². The molecule has 122 valence electrons. The van der Waals surface area contributed by atoms with Gasteiger partial charge in [-0.1, -0.05) is 44.9 Å². The molecule has 0 radical (unpaired) electrons. The number of fused-ring (bicyclic) bond motifs is 6. The third kappa shape index (κ3) is 5.46. The van der Waals surface area contributed by atoms with Gasteiger partial charge in [0.2, 0.25) is 0 Å². The van der Waals surface area contributed by atoms with Gasteiger partial charge in [0.25, 0.3) is 0 Å². The second-order valence-corrected chi connectivity index (χ2v) is 9.33. The van der Waals surface area contributed by atoms with Gasteiger partial charge in [-0.2, -0.15) is 11.8 Å². The van der Waals surface area contributed by atoms with Gasteiger partial charge in [0.1, 0.15) is 0 Å². The highest BCUT2D eigenvalue weighted by Gasteiger charge is 2.25. The summed E-state index contributed by atoms with van der Waals surface area (Å²) in [6.45, 7) is 0. The summed E-state index contributed by atoms with van der Waals surface area (Å²) < 4.78 is 0. The van der Waals surface area contributed by atoms with Crippen molar-refractivity contribution in [2.45, 2.75) is 119 Å². The Morgan fingerprint density at radius 1 is 0.476 bits per heavy atom. The van der Waals surface area contributed by atoms with Crippen LogP contribution in [0.25, 0.3) is 0 Å². The van der Waals surface area contributed by atoms with Crippen molar-refractivity contribution < 1.29 is 0 Å². The zero-order valence-corrected chi connectivity index (χ0v) is 14.6. The maximum absolute atomic E-state index is 4.10. The lowest BCUT2D eigenvalue weighted by molar-refractivity contribution is 0.330. The van der Waals surface area contributed by atoms with Crippen molar-refractivity contribution in [1.29, 1.82) is 0 Å². The summed E-state index contributed by atoms with van der Waals surface area (Å²) in [5, 5.41) is 6.04. The molecule has 1 heterocycles.